The molecule has 0 aliphatic heterocycles. The Labute approximate surface area is 88.3 Å². The lowest BCUT2D eigenvalue weighted by atomic mass is 9.94. The zero-order valence-electron chi connectivity index (χ0n) is 8.55. The van der Waals surface area contributed by atoms with Crippen LogP contribution in [0.25, 0.3) is 0 Å². The highest BCUT2D eigenvalue weighted by atomic mass is 19.1. The second-order valence-electron chi connectivity index (χ2n) is 4.27. The van der Waals surface area contributed by atoms with Gasteiger partial charge in [0.25, 0.3) is 0 Å². The van der Waals surface area contributed by atoms with Crippen LogP contribution in [0.1, 0.15) is 18.4 Å². The molecular weight excluding hydrogens is 196 g/mol. The third-order valence-corrected chi connectivity index (χ3v) is 3.09. The highest BCUT2D eigenvalue weighted by molar-refractivity contribution is 5.19. The van der Waals surface area contributed by atoms with Crippen molar-refractivity contribution in [2.75, 3.05) is 6.54 Å². The molecule has 1 aliphatic rings. The first-order valence-corrected chi connectivity index (χ1v) is 5.34. The monoisotopic (exact) mass is 211 g/mol. The lowest BCUT2D eigenvalue weighted by molar-refractivity contribution is 0.457. The molecule has 0 heterocycles. The summed E-state index contributed by atoms with van der Waals surface area (Å²) in [5.41, 5.74) is 6.23. The van der Waals surface area contributed by atoms with Crippen LogP contribution in [0.5, 0.6) is 0 Å². The fraction of sp³-hybridized carbons (Fsp3) is 0.500. The lowest BCUT2D eigenvalue weighted by Crippen LogP contribution is -2.19. The van der Waals surface area contributed by atoms with Gasteiger partial charge in [-0.25, -0.2) is 8.78 Å². The van der Waals surface area contributed by atoms with Crippen molar-refractivity contribution in [2.45, 2.75) is 19.3 Å². The highest BCUT2D eigenvalue weighted by Crippen LogP contribution is 2.38. The minimum Gasteiger partial charge on any atom is -0.330 e. The summed E-state index contributed by atoms with van der Waals surface area (Å²) in [5.74, 6) is 0.0329. The topological polar surface area (TPSA) is 26.0 Å². The Hall–Kier alpha value is -0.960. The van der Waals surface area contributed by atoms with E-state index in [0.717, 1.165) is 6.07 Å². The van der Waals surface area contributed by atoms with Crippen molar-refractivity contribution in [2.24, 2.45) is 17.6 Å². The van der Waals surface area contributed by atoms with Crippen LogP contribution in [-0.4, -0.2) is 6.54 Å². The number of rotatable bonds is 4. The summed E-state index contributed by atoms with van der Waals surface area (Å²) in [4.78, 5) is 0. The molecule has 15 heavy (non-hydrogen) atoms. The van der Waals surface area contributed by atoms with E-state index in [1.54, 1.807) is 0 Å². The van der Waals surface area contributed by atoms with E-state index in [1.165, 1.54) is 25.0 Å². The van der Waals surface area contributed by atoms with E-state index in [-0.39, 0.29) is 0 Å². The summed E-state index contributed by atoms with van der Waals surface area (Å²) < 4.78 is 26.0. The van der Waals surface area contributed by atoms with Crippen LogP contribution < -0.4 is 5.73 Å². The van der Waals surface area contributed by atoms with Gasteiger partial charge in [-0.3, -0.25) is 0 Å². The van der Waals surface area contributed by atoms with Crippen LogP contribution in [0.15, 0.2) is 18.2 Å². The van der Waals surface area contributed by atoms with E-state index in [2.05, 4.69) is 0 Å². The molecule has 1 atom stereocenters. The fourth-order valence-corrected chi connectivity index (χ4v) is 1.98. The van der Waals surface area contributed by atoms with Crippen molar-refractivity contribution in [1.82, 2.24) is 0 Å². The molecule has 2 rings (SSSR count). The van der Waals surface area contributed by atoms with Crippen LogP contribution in [0.4, 0.5) is 8.78 Å². The van der Waals surface area contributed by atoms with E-state index in [4.69, 9.17) is 5.73 Å². The predicted molar refractivity (Wildman–Crippen MR) is 55.3 cm³/mol. The molecule has 1 aliphatic carbocycles. The normalized spacial score (nSPS) is 17.8. The molecule has 1 aromatic rings. The van der Waals surface area contributed by atoms with Crippen LogP contribution in [0.3, 0.4) is 0 Å². The Morgan fingerprint density at radius 3 is 2.60 bits per heavy atom. The van der Waals surface area contributed by atoms with Gasteiger partial charge in [-0.2, -0.15) is 0 Å². The maximum absolute atomic E-state index is 13.4. The molecule has 2 N–H and O–H groups in total. The first-order chi connectivity index (χ1) is 7.20. The first kappa shape index (κ1) is 10.6. The summed E-state index contributed by atoms with van der Waals surface area (Å²) in [7, 11) is 0. The quantitative estimate of drug-likeness (QED) is 0.813. The molecule has 0 aromatic heterocycles. The number of benzene rings is 1. The summed E-state index contributed by atoms with van der Waals surface area (Å²) in [6.45, 7) is 0.585. The van der Waals surface area contributed by atoms with Crippen molar-refractivity contribution < 1.29 is 8.78 Å². The molecule has 1 aromatic carbocycles. The number of halogens is 2. The van der Waals surface area contributed by atoms with Crippen LogP contribution in [0, 0.1) is 23.5 Å². The molecule has 1 fully saturated rings. The minimum atomic E-state index is -0.521. The number of hydrogen-bond acceptors (Lipinski definition) is 1. The molecule has 82 valence electrons. The van der Waals surface area contributed by atoms with Crippen molar-refractivity contribution in [3.8, 4) is 0 Å². The third kappa shape index (κ3) is 2.53. The maximum atomic E-state index is 13.4. The van der Waals surface area contributed by atoms with Crippen molar-refractivity contribution >= 4 is 0 Å². The third-order valence-electron chi connectivity index (χ3n) is 3.09. The van der Waals surface area contributed by atoms with Gasteiger partial charge >= 0.3 is 0 Å². The zero-order chi connectivity index (χ0) is 10.8. The largest absolute Gasteiger partial charge is 0.330 e. The van der Waals surface area contributed by atoms with E-state index in [1.807, 2.05) is 0 Å². The van der Waals surface area contributed by atoms with E-state index in [0.29, 0.717) is 30.4 Å². The summed E-state index contributed by atoms with van der Waals surface area (Å²) >= 11 is 0. The minimum absolute atomic E-state index is 0.352. The van der Waals surface area contributed by atoms with Gasteiger partial charge < -0.3 is 5.73 Å². The van der Waals surface area contributed by atoms with Gasteiger partial charge in [0, 0.05) is 6.07 Å². The molecule has 1 unspecified atom stereocenters. The van der Waals surface area contributed by atoms with Gasteiger partial charge in [0.15, 0.2) is 0 Å². The molecule has 0 saturated heterocycles. The second kappa shape index (κ2) is 4.27. The van der Waals surface area contributed by atoms with Crippen LogP contribution in [0.2, 0.25) is 0 Å². The molecule has 0 bridgehead atoms. The van der Waals surface area contributed by atoms with Crippen molar-refractivity contribution in [1.29, 1.82) is 0 Å². The summed E-state index contributed by atoms with van der Waals surface area (Å²) in [5, 5.41) is 0. The van der Waals surface area contributed by atoms with Gasteiger partial charge in [0.05, 0.1) is 0 Å². The highest BCUT2D eigenvalue weighted by Gasteiger charge is 2.30. The van der Waals surface area contributed by atoms with Crippen molar-refractivity contribution in [3.63, 3.8) is 0 Å². The molecule has 1 saturated carbocycles. The number of hydrogen-bond donors (Lipinski definition) is 1. The fourth-order valence-electron chi connectivity index (χ4n) is 1.98. The van der Waals surface area contributed by atoms with Gasteiger partial charge in [-0.1, -0.05) is 6.07 Å². The Kier molecular flexibility index (Phi) is 3.00. The molecule has 0 spiro atoms. The maximum Gasteiger partial charge on any atom is 0.129 e. The zero-order valence-corrected chi connectivity index (χ0v) is 8.55. The average Bonchev–Trinajstić information content (AvgIpc) is 3.00. The Balaban J connectivity index is 2.08. The Morgan fingerprint density at radius 2 is 2.07 bits per heavy atom. The second-order valence-corrected chi connectivity index (χ2v) is 4.27. The summed E-state index contributed by atoms with van der Waals surface area (Å²) in [6.07, 6.45) is 3.03. The SMILES string of the molecule is NCC(Cc1ccc(F)cc1F)C1CC1. The smallest absolute Gasteiger partial charge is 0.129 e. The van der Waals surface area contributed by atoms with Gasteiger partial charge in [-0.15, -0.1) is 0 Å². The van der Waals surface area contributed by atoms with E-state index < -0.39 is 11.6 Å². The van der Waals surface area contributed by atoms with Crippen molar-refractivity contribution in [3.05, 3.63) is 35.4 Å². The molecule has 0 amide bonds. The molecule has 1 nitrogen and oxygen atoms in total. The number of nitrogens with two attached hydrogens (primary N) is 1. The molecular formula is C12H15F2N. The Morgan fingerprint density at radius 1 is 1.33 bits per heavy atom. The summed E-state index contributed by atoms with van der Waals surface area (Å²) in [6, 6.07) is 3.77. The standard InChI is InChI=1S/C12H15F2N/c13-11-4-3-9(12(14)6-11)5-10(7-15)8-1-2-8/h3-4,6,8,10H,1-2,5,7,15H2. The Bertz CT molecular complexity index is 347. The van der Waals surface area contributed by atoms with Crippen LogP contribution in [-0.2, 0) is 6.42 Å². The molecule has 3 heteroatoms. The lowest BCUT2D eigenvalue weighted by Gasteiger charge is -2.13. The van der Waals surface area contributed by atoms with Gasteiger partial charge in [0.1, 0.15) is 11.6 Å². The molecule has 0 radical (unpaired) electrons. The average molecular weight is 211 g/mol. The van der Waals surface area contributed by atoms with E-state index >= 15 is 0 Å². The predicted octanol–water partition coefficient (Wildman–Crippen LogP) is 2.49. The van der Waals surface area contributed by atoms with E-state index in [9.17, 15) is 8.78 Å². The first-order valence-electron chi connectivity index (χ1n) is 5.34. The van der Waals surface area contributed by atoms with Crippen LogP contribution >= 0.6 is 0 Å². The van der Waals surface area contributed by atoms with Gasteiger partial charge in [0.2, 0.25) is 0 Å². The van der Waals surface area contributed by atoms with Gasteiger partial charge in [-0.05, 0) is 49.3 Å².